The molecule has 2 aromatic carbocycles. The molecule has 0 fully saturated rings. The second kappa shape index (κ2) is 8.44. The van der Waals surface area contributed by atoms with Gasteiger partial charge in [0.25, 0.3) is 5.91 Å². The van der Waals surface area contributed by atoms with Gasteiger partial charge in [0.2, 0.25) is 0 Å². The van der Waals surface area contributed by atoms with E-state index in [1.54, 1.807) is 29.5 Å². The molecule has 3 aromatic rings. The number of nitrogens with one attached hydrogen (secondary N) is 1. The van der Waals surface area contributed by atoms with Crippen LogP contribution in [0.1, 0.15) is 48.0 Å². The van der Waals surface area contributed by atoms with Crippen molar-refractivity contribution in [3.05, 3.63) is 74.9 Å². The van der Waals surface area contributed by atoms with E-state index < -0.39 is 0 Å². The summed E-state index contributed by atoms with van der Waals surface area (Å²) in [7, 11) is 0. The van der Waals surface area contributed by atoms with E-state index in [-0.39, 0.29) is 11.3 Å². The maximum atomic E-state index is 13.1. The van der Waals surface area contributed by atoms with Crippen LogP contribution in [0.15, 0.2) is 53.9 Å². The summed E-state index contributed by atoms with van der Waals surface area (Å²) in [5.41, 5.74) is 2.83. The maximum absolute atomic E-state index is 13.1. The first-order chi connectivity index (χ1) is 14.3. The van der Waals surface area contributed by atoms with Gasteiger partial charge < -0.3 is 10.1 Å². The number of rotatable bonds is 4. The number of ether oxygens (including phenoxy) is 1. The largest absolute Gasteiger partial charge is 0.455 e. The Bertz CT molecular complexity index is 1050. The van der Waals surface area contributed by atoms with Crippen LogP contribution in [0.4, 0.5) is 5.69 Å². The number of carbonyl (C=O) groups is 1. The number of fused-ring (bicyclic) bond motifs is 1. The normalized spacial score (nSPS) is 16.1. The molecule has 1 heterocycles. The molecule has 0 spiro atoms. The lowest BCUT2D eigenvalue weighted by molar-refractivity contribution is 0.102. The zero-order chi connectivity index (χ0) is 21.3. The van der Waals surface area contributed by atoms with Crippen LogP contribution in [-0.2, 0) is 12.8 Å². The van der Waals surface area contributed by atoms with E-state index in [9.17, 15) is 4.79 Å². The van der Waals surface area contributed by atoms with E-state index >= 15 is 0 Å². The van der Waals surface area contributed by atoms with Crippen LogP contribution < -0.4 is 10.1 Å². The average molecular weight is 440 g/mol. The van der Waals surface area contributed by atoms with Gasteiger partial charge in [0.05, 0.1) is 11.3 Å². The van der Waals surface area contributed by atoms with Crippen molar-refractivity contribution in [2.24, 2.45) is 11.3 Å². The number of anilines is 1. The molecule has 1 aromatic heterocycles. The van der Waals surface area contributed by atoms with Crippen LogP contribution in [0.2, 0.25) is 5.02 Å². The Morgan fingerprint density at radius 1 is 1.17 bits per heavy atom. The molecule has 1 unspecified atom stereocenters. The molecule has 5 heteroatoms. The minimum atomic E-state index is -0.109. The van der Waals surface area contributed by atoms with Crippen molar-refractivity contribution in [3.8, 4) is 11.5 Å². The molecule has 0 bridgehead atoms. The fraction of sp³-hybridized carbons (Fsp3) is 0.320. The predicted octanol–water partition coefficient (Wildman–Crippen LogP) is 7.60. The molecule has 156 valence electrons. The number of hydrogen-bond donors (Lipinski definition) is 1. The van der Waals surface area contributed by atoms with E-state index in [0.717, 1.165) is 24.8 Å². The lowest BCUT2D eigenvalue weighted by Gasteiger charge is -2.34. The third-order valence-electron chi connectivity index (χ3n) is 5.79. The fourth-order valence-corrected chi connectivity index (χ4v) is 5.27. The standard InChI is InChI=1S/C25H26ClNO2S/c1-25(2,3)16-9-11-19-20(15-30-23(19)13-16)24(28)27-21-14-17(26)10-12-22(21)29-18-7-5-4-6-8-18/h4-8,10,12,14-16H,9,11,13H2,1-3H3,(H,27,28). The second-order valence-electron chi connectivity index (χ2n) is 8.87. The van der Waals surface area contributed by atoms with Gasteiger partial charge in [-0.1, -0.05) is 50.6 Å². The zero-order valence-corrected chi connectivity index (χ0v) is 19.1. The number of amides is 1. The van der Waals surface area contributed by atoms with Crippen LogP contribution >= 0.6 is 22.9 Å². The summed E-state index contributed by atoms with van der Waals surface area (Å²) in [6, 6.07) is 14.8. The molecule has 1 amide bonds. The van der Waals surface area contributed by atoms with E-state index in [2.05, 4.69) is 26.1 Å². The lowest BCUT2D eigenvalue weighted by atomic mass is 9.72. The van der Waals surface area contributed by atoms with Crippen molar-refractivity contribution in [1.82, 2.24) is 0 Å². The van der Waals surface area contributed by atoms with E-state index in [1.807, 2.05) is 35.7 Å². The molecule has 1 N–H and O–H groups in total. The van der Waals surface area contributed by atoms with Gasteiger partial charge in [-0.2, -0.15) is 0 Å². The Morgan fingerprint density at radius 2 is 1.93 bits per heavy atom. The molecule has 30 heavy (non-hydrogen) atoms. The molecule has 3 nitrogen and oxygen atoms in total. The summed E-state index contributed by atoms with van der Waals surface area (Å²) in [5, 5.41) is 5.56. The molecule has 4 rings (SSSR count). The third kappa shape index (κ3) is 4.55. The Morgan fingerprint density at radius 3 is 2.67 bits per heavy atom. The first-order valence-electron chi connectivity index (χ1n) is 10.2. The van der Waals surface area contributed by atoms with Crippen molar-refractivity contribution in [2.45, 2.75) is 40.0 Å². The van der Waals surface area contributed by atoms with E-state index in [0.29, 0.717) is 28.1 Å². The fourth-order valence-electron chi connectivity index (χ4n) is 3.94. The monoisotopic (exact) mass is 439 g/mol. The highest BCUT2D eigenvalue weighted by Gasteiger charge is 2.31. The highest BCUT2D eigenvalue weighted by Crippen LogP contribution is 2.41. The zero-order valence-electron chi connectivity index (χ0n) is 17.5. The summed E-state index contributed by atoms with van der Waals surface area (Å²) in [6.07, 6.45) is 3.12. The number of carbonyl (C=O) groups excluding carboxylic acids is 1. The third-order valence-corrected chi connectivity index (χ3v) is 7.07. The van der Waals surface area contributed by atoms with Crippen molar-refractivity contribution < 1.29 is 9.53 Å². The van der Waals surface area contributed by atoms with Gasteiger partial charge in [0, 0.05) is 15.3 Å². The molecule has 0 aliphatic heterocycles. The Hall–Kier alpha value is -2.30. The summed E-state index contributed by atoms with van der Waals surface area (Å²) >= 11 is 7.90. The van der Waals surface area contributed by atoms with Gasteiger partial charge in [-0.05, 0) is 66.5 Å². The Kier molecular flexibility index (Phi) is 5.90. The summed E-state index contributed by atoms with van der Waals surface area (Å²) in [5.74, 6) is 1.81. The number of hydrogen-bond acceptors (Lipinski definition) is 3. The van der Waals surface area contributed by atoms with Crippen LogP contribution in [0, 0.1) is 11.3 Å². The van der Waals surface area contributed by atoms with E-state index in [1.165, 1.54) is 10.4 Å². The molecule has 0 saturated heterocycles. The summed E-state index contributed by atoms with van der Waals surface area (Å²) in [6.45, 7) is 6.91. The molecular weight excluding hydrogens is 414 g/mol. The lowest BCUT2D eigenvalue weighted by Crippen LogP contribution is -2.27. The minimum absolute atomic E-state index is 0.109. The number of halogens is 1. The van der Waals surface area contributed by atoms with Gasteiger partial charge >= 0.3 is 0 Å². The SMILES string of the molecule is CC(C)(C)C1CCc2c(C(=O)Nc3cc(Cl)ccc3Oc3ccccc3)csc2C1. The van der Waals surface area contributed by atoms with Gasteiger partial charge in [-0.25, -0.2) is 0 Å². The summed E-state index contributed by atoms with van der Waals surface area (Å²) < 4.78 is 5.98. The quantitative estimate of drug-likeness (QED) is 0.454. The average Bonchev–Trinajstić information content (AvgIpc) is 3.13. The van der Waals surface area contributed by atoms with Gasteiger partial charge in [-0.3, -0.25) is 4.79 Å². The molecule has 1 atom stereocenters. The molecule has 0 radical (unpaired) electrons. The topological polar surface area (TPSA) is 38.3 Å². The second-order valence-corrected chi connectivity index (χ2v) is 10.3. The van der Waals surface area contributed by atoms with Gasteiger partial charge in [0.1, 0.15) is 5.75 Å². The van der Waals surface area contributed by atoms with Gasteiger partial charge in [-0.15, -0.1) is 11.3 Å². The first kappa shape index (κ1) is 21.0. The maximum Gasteiger partial charge on any atom is 0.256 e. The highest BCUT2D eigenvalue weighted by atomic mass is 35.5. The van der Waals surface area contributed by atoms with Crippen LogP contribution in [-0.4, -0.2) is 5.91 Å². The Balaban J connectivity index is 1.56. The highest BCUT2D eigenvalue weighted by molar-refractivity contribution is 7.10. The number of thiophene rings is 1. The molecular formula is C25H26ClNO2S. The van der Waals surface area contributed by atoms with Crippen molar-refractivity contribution in [1.29, 1.82) is 0 Å². The van der Waals surface area contributed by atoms with Crippen LogP contribution in [0.5, 0.6) is 11.5 Å². The van der Waals surface area contributed by atoms with Crippen LogP contribution in [0.3, 0.4) is 0 Å². The summed E-state index contributed by atoms with van der Waals surface area (Å²) in [4.78, 5) is 14.5. The van der Waals surface area contributed by atoms with E-state index in [4.69, 9.17) is 16.3 Å². The first-order valence-corrected chi connectivity index (χ1v) is 11.5. The minimum Gasteiger partial charge on any atom is -0.455 e. The van der Waals surface area contributed by atoms with Crippen molar-refractivity contribution in [2.75, 3.05) is 5.32 Å². The smallest absolute Gasteiger partial charge is 0.256 e. The van der Waals surface area contributed by atoms with Gasteiger partial charge in [0.15, 0.2) is 5.75 Å². The molecule has 0 saturated carbocycles. The Labute approximate surface area is 187 Å². The number of benzene rings is 2. The van der Waals surface area contributed by atoms with Crippen LogP contribution in [0.25, 0.3) is 0 Å². The molecule has 1 aliphatic rings. The molecule has 1 aliphatic carbocycles. The number of para-hydroxylation sites is 1. The predicted molar refractivity (Wildman–Crippen MR) is 125 cm³/mol. The van der Waals surface area contributed by atoms with Crippen molar-refractivity contribution >= 4 is 34.5 Å². The van der Waals surface area contributed by atoms with Crippen molar-refractivity contribution in [3.63, 3.8) is 0 Å².